The van der Waals surface area contributed by atoms with Gasteiger partial charge in [-0.3, -0.25) is 4.79 Å². The summed E-state index contributed by atoms with van der Waals surface area (Å²) in [6.07, 6.45) is 2.21. The molecule has 0 aliphatic carbocycles. The lowest BCUT2D eigenvalue weighted by molar-refractivity contribution is 0.0571. The third kappa shape index (κ3) is 2.43. The molecule has 2 unspecified atom stereocenters. The number of hydrogen-bond acceptors (Lipinski definition) is 2. The second kappa shape index (κ2) is 4.78. The van der Waals surface area contributed by atoms with Gasteiger partial charge >= 0.3 is 0 Å². The van der Waals surface area contributed by atoms with Gasteiger partial charge in [0.15, 0.2) is 0 Å². The van der Waals surface area contributed by atoms with Crippen molar-refractivity contribution in [3.63, 3.8) is 0 Å². The smallest absolute Gasteiger partial charge is 0.257 e. The molecule has 1 aliphatic rings. The lowest BCUT2D eigenvalue weighted by atomic mass is 9.94. The van der Waals surface area contributed by atoms with E-state index in [0.29, 0.717) is 11.5 Å². The summed E-state index contributed by atoms with van der Waals surface area (Å²) >= 11 is 0. The summed E-state index contributed by atoms with van der Waals surface area (Å²) in [5, 5.41) is 9.72. The van der Waals surface area contributed by atoms with Gasteiger partial charge in [0.05, 0.1) is 5.56 Å². The lowest BCUT2D eigenvalue weighted by Crippen LogP contribution is -2.44. The molecule has 1 aromatic carbocycles. The van der Waals surface area contributed by atoms with E-state index in [4.69, 9.17) is 0 Å². The van der Waals surface area contributed by atoms with Crippen LogP contribution in [0.1, 0.15) is 37.0 Å². The number of aromatic hydroxyl groups is 1. The van der Waals surface area contributed by atoms with E-state index in [1.165, 1.54) is 6.42 Å². The molecule has 2 rings (SSSR count). The van der Waals surface area contributed by atoms with Crippen LogP contribution in [-0.4, -0.2) is 28.5 Å². The number of rotatable bonds is 1. The molecule has 92 valence electrons. The first-order valence-corrected chi connectivity index (χ1v) is 6.18. The van der Waals surface area contributed by atoms with E-state index in [9.17, 15) is 9.90 Å². The van der Waals surface area contributed by atoms with Gasteiger partial charge in [-0.1, -0.05) is 19.1 Å². The number of phenolic OH excluding ortho intramolecular Hbond substituents is 1. The zero-order valence-electron chi connectivity index (χ0n) is 10.4. The minimum absolute atomic E-state index is 0.0536. The minimum Gasteiger partial charge on any atom is -0.507 e. The van der Waals surface area contributed by atoms with Gasteiger partial charge in [-0.15, -0.1) is 0 Å². The van der Waals surface area contributed by atoms with Crippen molar-refractivity contribution in [3.8, 4) is 5.75 Å². The molecule has 1 aliphatic heterocycles. The fourth-order valence-corrected chi connectivity index (χ4v) is 2.38. The molecule has 0 spiro atoms. The highest BCUT2D eigenvalue weighted by Gasteiger charge is 2.28. The molecule has 3 nitrogen and oxygen atoms in total. The van der Waals surface area contributed by atoms with E-state index in [-0.39, 0.29) is 17.7 Å². The number of hydrogen-bond donors (Lipinski definition) is 1. The molecule has 0 bridgehead atoms. The number of carbonyl (C=O) groups is 1. The first-order valence-electron chi connectivity index (χ1n) is 6.18. The van der Waals surface area contributed by atoms with Gasteiger partial charge in [0.25, 0.3) is 5.91 Å². The average Bonchev–Trinajstić information content (AvgIpc) is 2.32. The predicted octanol–water partition coefficient (Wildman–Crippen LogP) is 2.65. The summed E-state index contributed by atoms with van der Waals surface area (Å²) in [5.41, 5.74) is 0.411. The average molecular weight is 233 g/mol. The van der Waals surface area contributed by atoms with Crippen LogP contribution in [-0.2, 0) is 0 Å². The lowest BCUT2D eigenvalue weighted by Gasteiger charge is -2.37. The number of amides is 1. The van der Waals surface area contributed by atoms with E-state index < -0.39 is 0 Å². The number of carbonyl (C=O) groups excluding carboxylic acids is 1. The van der Waals surface area contributed by atoms with Gasteiger partial charge in [-0.25, -0.2) is 0 Å². The highest BCUT2D eigenvalue weighted by atomic mass is 16.3. The monoisotopic (exact) mass is 233 g/mol. The molecule has 1 N–H and O–H groups in total. The minimum atomic E-state index is -0.0536. The Morgan fingerprint density at radius 1 is 1.29 bits per heavy atom. The van der Waals surface area contributed by atoms with Gasteiger partial charge in [-0.2, -0.15) is 0 Å². The third-order valence-corrected chi connectivity index (χ3v) is 3.51. The number of nitrogens with zero attached hydrogens (tertiary/aromatic N) is 1. The zero-order valence-corrected chi connectivity index (χ0v) is 10.4. The second-order valence-electron chi connectivity index (χ2n) is 5.01. The van der Waals surface area contributed by atoms with Crippen LogP contribution in [0, 0.1) is 5.92 Å². The van der Waals surface area contributed by atoms with Crippen LogP contribution in [0.25, 0.3) is 0 Å². The Balaban J connectivity index is 2.22. The summed E-state index contributed by atoms with van der Waals surface area (Å²) in [6.45, 7) is 5.02. The van der Waals surface area contributed by atoms with Crippen LogP contribution in [0.15, 0.2) is 24.3 Å². The first kappa shape index (κ1) is 12.0. The molecule has 0 aromatic heterocycles. The van der Waals surface area contributed by atoms with E-state index in [1.54, 1.807) is 24.3 Å². The molecule has 1 heterocycles. The number of likely N-dealkylation sites (tertiary alicyclic amines) is 1. The topological polar surface area (TPSA) is 40.5 Å². The Morgan fingerprint density at radius 2 is 2.00 bits per heavy atom. The normalized spacial score (nSPS) is 24.7. The number of piperidine rings is 1. The second-order valence-corrected chi connectivity index (χ2v) is 5.01. The van der Waals surface area contributed by atoms with Crippen molar-refractivity contribution in [2.45, 2.75) is 32.7 Å². The highest BCUT2D eigenvalue weighted by Crippen LogP contribution is 2.25. The number of para-hydroxylation sites is 1. The third-order valence-electron chi connectivity index (χ3n) is 3.51. The Kier molecular flexibility index (Phi) is 3.36. The molecule has 2 atom stereocenters. The fraction of sp³-hybridized carbons (Fsp3) is 0.500. The summed E-state index contributed by atoms with van der Waals surface area (Å²) in [5.74, 6) is 0.561. The zero-order chi connectivity index (χ0) is 12.4. The van der Waals surface area contributed by atoms with Crippen molar-refractivity contribution in [1.29, 1.82) is 0 Å². The summed E-state index contributed by atoms with van der Waals surface area (Å²) in [7, 11) is 0. The molecule has 0 saturated carbocycles. The molecule has 1 fully saturated rings. The number of benzene rings is 1. The van der Waals surface area contributed by atoms with E-state index in [0.717, 1.165) is 13.0 Å². The molecular formula is C14H19NO2. The largest absolute Gasteiger partial charge is 0.507 e. The van der Waals surface area contributed by atoms with Crippen LogP contribution >= 0.6 is 0 Å². The van der Waals surface area contributed by atoms with Crippen LogP contribution in [0.5, 0.6) is 5.75 Å². The standard InChI is InChI=1S/C14H19NO2/c1-10-7-8-11(2)15(9-10)14(17)12-5-3-4-6-13(12)16/h3-6,10-11,16H,7-9H2,1-2H3. The SMILES string of the molecule is CC1CCC(C)N(C(=O)c2ccccc2O)C1. The van der Waals surface area contributed by atoms with Gasteiger partial charge < -0.3 is 10.0 Å². The van der Waals surface area contributed by atoms with E-state index >= 15 is 0 Å². The van der Waals surface area contributed by atoms with Crippen LogP contribution < -0.4 is 0 Å². The van der Waals surface area contributed by atoms with Crippen molar-refractivity contribution in [1.82, 2.24) is 4.90 Å². The van der Waals surface area contributed by atoms with Crippen molar-refractivity contribution in [2.24, 2.45) is 5.92 Å². The van der Waals surface area contributed by atoms with Crippen molar-refractivity contribution in [2.75, 3.05) is 6.54 Å². The van der Waals surface area contributed by atoms with Crippen molar-refractivity contribution >= 4 is 5.91 Å². The quantitative estimate of drug-likeness (QED) is 0.810. The van der Waals surface area contributed by atoms with Gasteiger partial charge in [-0.05, 0) is 37.8 Å². The predicted molar refractivity (Wildman–Crippen MR) is 67.0 cm³/mol. The molecule has 1 aromatic rings. The fourth-order valence-electron chi connectivity index (χ4n) is 2.38. The Morgan fingerprint density at radius 3 is 2.71 bits per heavy atom. The van der Waals surface area contributed by atoms with Gasteiger partial charge in [0.1, 0.15) is 5.75 Å². The molecule has 1 saturated heterocycles. The summed E-state index contributed by atoms with van der Waals surface area (Å²) in [4.78, 5) is 14.2. The van der Waals surface area contributed by atoms with Gasteiger partial charge in [0.2, 0.25) is 0 Å². The molecule has 3 heteroatoms. The maximum absolute atomic E-state index is 12.3. The van der Waals surface area contributed by atoms with Crippen LogP contribution in [0.2, 0.25) is 0 Å². The highest BCUT2D eigenvalue weighted by molar-refractivity contribution is 5.97. The summed E-state index contributed by atoms with van der Waals surface area (Å²) < 4.78 is 0. The molecular weight excluding hydrogens is 214 g/mol. The maximum Gasteiger partial charge on any atom is 0.257 e. The Bertz CT molecular complexity index is 416. The van der Waals surface area contributed by atoms with Crippen LogP contribution in [0.3, 0.4) is 0 Å². The van der Waals surface area contributed by atoms with Crippen molar-refractivity contribution in [3.05, 3.63) is 29.8 Å². The number of phenols is 1. The van der Waals surface area contributed by atoms with Crippen molar-refractivity contribution < 1.29 is 9.90 Å². The molecule has 17 heavy (non-hydrogen) atoms. The maximum atomic E-state index is 12.3. The Hall–Kier alpha value is -1.51. The Labute approximate surface area is 102 Å². The molecule has 1 amide bonds. The van der Waals surface area contributed by atoms with E-state index in [1.807, 2.05) is 4.90 Å². The van der Waals surface area contributed by atoms with E-state index in [2.05, 4.69) is 13.8 Å². The summed E-state index contributed by atoms with van der Waals surface area (Å²) in [6, 6.07) is 7.02. The van der Waals surface area contributed by atoms with Gasteiger partial charge in [0, 0.05) is 12.6 Å². The first-order chi connectivity index (χ1) is 8.09. The molecule has 0 radical (unpaired) electrons. The van der Waals surface area contributed by atoms with Crippen LogP contribution in [0.4, 0.5) is 0 Å².